The second-order valence-electron chi connectivity index (χ2n) is 5.50. The summed E-state index contributed by atoms with van der Waals surface area (Å²) in [5, 5.41) is 7.86. The lowest BCUT2D eigenvalue weighted by Crippen LogP contribution is -2.20. The highest BCUT2D eigenvalue weighted by molar-refractivity contribution is 6.01. The number of fused-ring (bicyclic) bond motifs is 2. The molecule has 0 aliphatic carbocycles. The Morgan fingerprint density at radius 1 is 0.750 bits per heavy atom. The maximum absolute atomic E-state index is 12.2. The fraction of sp³-hybridized carbons (Fsp3) is 0.105. The Bertz CT molecular complexity index is 908. The number of urea groups is 1. The van der Waals surface area contributed by atoms with Crippen molar-refractivity contribution in [1.29, 1.82) is 0 Å². The first-order chi connectivity index (χ1) is 11.8. The van der Waals surface area contributed by atoms with Crippen LogP contribution in [0.15, 0.2) is 60.7 Å². The molecule has 1 aliphatic heterocycles. The first kappa shape index (κ1) is 14.4. The lowest BCUT2D eigenvalue weighted by molar-refractivity contribution is 0.171. The molecule has 5 nitrogen and oxygen atoms in total. The molecule has 0 radical (unpaired) electrons. The van der Waals surface area contributed by atoms with E-state index in [2.05, 4.69) is 10.6 Å². The number of ether oxygens (including phenoxy) is 2. The van der Waals surface area contributed by atoms with Gasteiger partial charge in [0.1, 0.15) is 13.2 Å². The van der Waals surface area contributed by atoms with Gasteiger partial charge in [0.25, 0.3) is 0 Å². The molecule has 0 aromatic heterocycles. The van der Waals surface area contributed by atoms with Crippen LogP contribution in [0.5, 0.6) is 11.5 Å². The molecule has 24 heavy (non-hydrogen) atoms. The SMILES string of the molecule is O=C(Nc1ccc2c(c1)OCCO2)Nc1ccc2ccccc2c1. The molecule has 4 rings (SSSR count). The average molecular weight is 320 g/mol. The van der Waals surface area contributed by atoms with Crippen LogP contribution in [0.4, 0.5) is 16.2 Å². The lowest BCUT2D eigenvalue weighted by Gasteiger charge is -2.19. The van der Waals surface area contributed by atoms with Crippen molar-refractivity contribution >= 4 is 28.2 Å². The van der Waals surface area contributed by atoms with Crippen LogP contribution in [-0.4, -0.2) is 19.2 Å². The third-order valence-electron chi connectivity index (χ3n) is 3.81. The lowest BCUT2D eigenvalue weighted by atomic mass is 10.1. The van der Waals surface area contributed by atoms with Crippen LogP contribution in [0.2, 0.25) is 0 Å². The van der Waals surface area contributed by atoms with E-state index < -0.39 is 0 Å². The summed E-state index contributed by atoms with van der Waals surface area (Å²) in [4.78, 5) is 12.2. The van der Waals surface area contributed by atoms with E-state index in [1.807, 2.05) is 42.5 Å². The summed E-state index contributed by atoms with van der Waals surface area (Å²) in [6.45, 7) is 1.06. The number of amides is 2. The van der Waals surface area contributed by atoms with Crippen molar-refractivity contribution in [2.75, 3.05) is 23.8 Å². The van der Waals surface area contributed by atoms with E-state index in [0.29, 0.717) is 30.4 Å². The maximum atomic E-state index is 12.2. The van der Waals surface area contributed by atoms with Crippen molar-refractivity contribution in [3.8, 4) is 11.5 Å². The van der Waals surface area contributed by atoms with E-state index >= 15 is 0 Å². The van der Waals surface area contributed by atoms with Gasteiger partial charge in [0.15, 0.2) is 11.5 Å². The van der Waals surface area contributed by atoms with Gasteiger partial charge in [-0.05, 0) is 35.0 Å². The minimum atomic E-state index is -0.304. The Labute approximate surface area is 139 Å². The molecule has 3 aromatic rings. The number of rotatable bonds is 2. The number of hydrogen-bond donors (Lipinski definition) is 2. The third-order valence-corrected chi connectivity index (χ3v) is 3.81. The molecule has 0 saturated carbocycles. The van der Waals surface area contributed by atoms with Gasteiger partial charge in [0, 0.05) is 17.4 Å². The van der Waals surface area contributed by atoms with Crippen LogP contribution in [0, 0.1) is 0 Å². The second-order valence-corrected chi connectivity index (χ2v) is 5.50. The van der Waals surface area contributed by atoms with Crippen LogP contribution in [0.1, 0.15) is 0 Å². The monoisotopic (exact) mass is 320 g/mol. The predicted molar refractivity (Wildman–Crippen MR) is 94.0 cm³/mol. The zero-order chi connectivity index (χ0) is 16.4. The highest BCUT2D eigenvalue weighted by Crippen LogP contribution is 2.32. The number of nitrogens with one attached hydrogen (secondary N) is 2. The van der Waals surface area contributed by atoms with Crippen molar-refractivity contribution in [3.63, 3.8) is 0 Å². The number of carbonyl (C=O) groups is 1. The summed E-state index contributed by atoms with van der Waals surface area (Å²) < 4.78 is 11.0. The Hall–Kier alpha value is -3.21. The molecule has 0 saturated heterocycles. The largest absolute Gasteiger partial charge is 0.486 e. The Morgan fingerprint density at radius 2 is 1.42 bits per heavy atom. The van der Waals surface area contributed by atoms with Crippen LogP contribution in [0.3, 0.4) is 0 Å². The topological polar surface area (TPSA) is 59.6 Å². The Kier molecular flexibility index (Phi) is 3.67. The summed E-state index contributed by atoms with van der Waals surface area (Å²) in [5.74, 6) is 1.34. The van der Waals surface area contributed by atoms with Crippen LogP contribution < -0.4 is 20.1 Å². The number of hydrogen-bond acceptors (Lipinski definition) is 3. The third kappa shape index (κ3) is 2.96. The number of benzene rings is 3. The minimum absolute atomic E-state index is 0.304. The molecule has 0 atom stereocenters. The number of carbonyl (C=O) groups excluding carboxylic acids is 1. The standard InChI is InChI=1S/C19H16N2O3/c22-19(20-15-6-5-13-3-1-2-4-14(13)11-15)21-16-7-8-17-18(12-16)24-10-9-23-17/h1-8,11-12H,9-10H2,(H2,20,21,22). The van der Waals surface area contributed by atoms with Crippen LogP contribution >= 0.6 is 0 Å². The smallest absolute Gasteiger partial charge is 0.323 e. The predicted octanol–water partition coefficient (Wildman–Crippen LogP) is 4.26. The number of anilines is 2. The molecule has 1 aliphatic rings. The molecule has 120 valence electrons. The quantitative estimate of drug-likeness (QED) is 0.742. The van der Waals surface area contributed by atoms with Gasteiger partial charge >= 0.3 is 6.03 Å². The summed E-state index contributed by atoms with van der Waals surface area (Å²) >= 11 is 0. The van der Waals surface area contributed by atoms with E-state index in [1.54, 1.807) is 18.2 Å². The van der Waals surface area contributed by atoms with E-state index in [-0.39, 0.29) is 6.03 Å². The Morgan fingerprint density at radius 3 is 2.25 bits per heavy atom. The molecule has 2 N–H and O–H groups in total. The molecule has 5 heteroatoms. The zero-order valence-electron chi connectivity index (χ0n) is 12.9. The van der Waals surface area contributed by atoms with Gasteiger partial charge in [-0.15, -0.1) is 0 Å². The summed E-state index contributed by atoms with van der Waals surface area (Å²) in [5.41, 5.74) is 1.39. The highest BCUT2D eigenvalue weighted by Gasteiger charge is 2.12. The van der Waals surface area contributed by atoms with Gasteiger partial charge < -0.3 is 20.1 Å². The summed E-state index contributed by atoms with van der Waals surface area (Å²) in [6.07, 6.45) is 0. The molecule has 0 unspecified atom stereocenters. The van der Waals surface area contributed by atoms with Gasteiger partial charge in [-0.3, -0.25) is 0 Å². The van der Waals surface area contributed by atoms with Crippen molar-refractivity contribution in [2.24, 2.45) is 0 Å². The van der Waals surface area contributed by atoms with Crippen LogP contribution in [-0.2, 0) is 0 Å². The molecule has 0 spiro atoms. The fourth-order valence-corrected chi connectivity index (χ4v) is 2.68. The summed E-state index contributed by atoms with van der Waals surface area (Å²) in [6, 6.07) is 18.8. The summed E-state index contributed by atoms with van der Waals surface area (Å²) in [7, 11) is 0. The Balaban J connectivity index is 1.47. The normalized spacial score (nSPS) is 12.7. The van der Waals surface area contributed by atoms with Gasteiger partial charge in [-0.2, -0.15) is 0 Å². The van der Waals surface area contributed by atoms with Crippen molar-refractivity contribution in [2.45, 2.75) is 0 Å². The van der Waals surface area contributed by atoms with Crippen LogP contribution in [0.25, 0.3) is 10.8 Å². The molecule has 0 fully saturated rings. The van der Waals surface area contributed by atoms with Crippen molar-refractivity contribution < 1.29 is 14.3 Å². The highest BCUT2D eigenvalue weighted by atomic mass is 16.6. The van der Waals surface area contributed by atoms with Crippen molar-refractivity contribution in [3.05, 3.63) is 60.7 Å². The fourth-order valence-electron chi connectivity index (χ4n) is 2.68. The first-order valence-electron chi connectivity index (χ1n) is 7.74. The van der Waals surface area contributed by atoms with E-state index in [9.17, 15) is 4.79 Å². The van der Waals surface area contributed by atoms with Crippen molar-refractivity contribution in [1.82, 2.24) is 0 Å². The molecule has 3 aromatic carbocycles. The molecule has 0 bridgehead atoms. The van der Waals surface area contributed by atoms with E-state index in [1.165, 1.54) is 0 Å². The first-order valence-corrected chi connectivity index (χ1v) is 7.74. The van der Waals surface area contributed by atoms with E-state index in [0.717, 1.165) is 16.5 Å². The molecular weight excluding hydrogens is 304 g/mol. The molecule has 2 amide bonds. The van der Waals surface area contributed by atoms with Gasteiger partial charge in [-0.25, -0.2) is 4.79 Å². The molecule has 1 heterocycles. The maximum Gasteiger partial charge on any atom is 0.323 e. The zero-order valence-corrected chi connectivity index (χ0v) is 12.9. The minimum Gasteiger partial charge on any atom is -0.486 e. The average Bonchev–Trinajstić information content (AvgIpc) is 2.61. The van der Waals surface area contributed by atoms with Gasteiger partial charge in [-0.1, -0.05) is 30.3 Å². The second kappa shape index (κ2) is 6.12. The van der Waals surface area contributed by atoms with Gasteiger partial charge in [0.05, 0.1) is 0 Å². The van der Waals surface area contributed by atoms with Gasteiger partial charge in [0.2, 0.25) is 0 Å². The van der Waals surface area contributed by atoms with E-state index in [4.69, 9.17) is 9.47 Å². The molecular formula is C19H16N2O3.